The highest BCUT2D eigenvalue weighted by molar-refractivity contribution is 5.86. The molecule has 1 saturated carbocycles. The van der Waals surface area contributed by atoms with Gasteiger partial charge in [-0.2, -0.15) is 5.10 Å². The molecule has 1 N–H and O–H groups in total. The Balaban J connectivity index is 1.87. The molecule has 18 heavy (non-hydrogen) atoms. The molecule has 1 aliphatic carbocycles. The van der Waals surface area contributed by atoms with Gasteiger partial charge in [0.15, 0.2) is 5.65 Å². The van der Waals surface area contributed by atoms with Crippen LogP contribution in [0.4, 0.5) is 5.82 Å². The van der Waals surface area contributed by atoms with E-state index in [0.717, 1.165) is 16.9 Å². The number of hydrogen-bond donors (Lipinski definition) is 1. The number of hydrogen-bond acceptors (Lipinski definition) is 4. The molecule has 0 aliphatic heterocycles. The highest BCUT2D eigenvalue weighted by Gasteiger charge is 2.31. The molecule has 0 aromatic carbocycles. The van der Waals surface area contributed by atoms with Crippen LogP contribution in [0, 0.1) is 5.41 Å². The molecule has 1 aliphatic rings. The van der Waals surface area contributed by atoms with E-state index in [4.69, 9.17) is 0 Å². The number of anilines is 1. The molecule has 1 unspecified atom stereocenters. The van der Waals surface area contributed by atoms with Gasteiger partial charge in [-0.3, -0.25) is 4.68 Å². The fourth-order valence-electron chi connectivity index (χ4n) is 2.83. The highest BCUT2D eigenvalue weighted by Crippen LogP contribution is 2.38. The Labute approximate surface area is 107 Å². The van der Waals surface area contributed by atoms with Crippen LogP contribution in [0.1, 0.15) is 33.1 Å². The Bertz CT molecular complexity index is 572. The summed E-state index contributed by atoms with van der Waals surface area (Å²) in [6.07, 6.45) is 7.10. The van der Waals surface area contributed by atoms with Crippen molar-refractivity contribution in [2.24, 2.45) is 12.5 Å². The Morgan fingerprint density at radius 2 is 2.22 bits per heavy atom. The summed E-state index contributed by atoms with van der Waals surface area (Å²) in [5.74, 6) is 0.913. The average Bonchev–Trinajstić information content (AvgIpc) is 2.84. The van der Waals surface area contributed by atoms with E-state index in [9.17, 15) is 0 Å². The Hall–Kier alpha value is -1.65. The van der Waals surface area contributed by atoms with Gasteiger partial charge >= 0.3 is 0 Å². The Kier molecular flexibility index (Phi) is 2.50. The van der Waals surface area contributed by atoms with Crippen LogP contribution in [0.5, 0.6) is 0 Å². The van der Waals surface area contributed by atoms with Crippen LogP contribution < -0.4 is 5.32 Å². The second-order valence-electron chi connectivity index (χ2n) is 5.98. The number of nitrogens with one attached hydrogen (secondary N) is 1. The van der Waals surface area contributed by atoms with Gasteiger partial charge < -0.3 is 5.32 Å². The maximum atomic E-state index is 4.36. The van der Waals surface area contributed by atoms with Crippen molar-refractivity contribution in [3.63, 3.8) is 0 Å². The van der Waals surface area contributed by atoms with Crippen molar-refractivity contribution < 1.29 is 0 Å². The smallest absolute Gasteiger partial charge is 0.163 e. The molecule has 2 aromatic rings. The fraction of sp³-hybridized carbons (Fsp3) is 0.615. The van der Waals surface area contributed by atoms with E-state index in [0.29, 0.717) is 11.5 Å². The first kappa shape index (κ1) is 11.4. The summed E-state index contributed by atoms with van der Waals surface area (Å²) in [4.78, 5) is 8.61. The van der Waals surface area contributed by atoms with Crippen molar-refractivity contribution >= 4 is 16.9 Å². The van der Waals surface area contributed by atoms with E-state index in [-0.39, 0.29) is 0 Å². The first-order valence-corrected chi connectivity index (χ1v) is 6.44. The summed E-state index contributed by atoms with van der Waals surface area (Å²) in [5, 5.41) is 8.79. The first-order chi connectivity index (χ1) is 8.55. The Morgan fingerprint density at radius 1 is 1.39 bits per heavy atom. The molecule has 96 valence electrons. The monoisotopic (exact) mass is 245 g/mol. The van der Waals surface area contributed by atoms with Crippen molar-refractivity contribution in [3.8, 4) is 0 Å². The van der Waals surface area contributed by atoms with E-state index >= 15 is 0 Å². The second kappa shape index (κ2) is 3.93. The molecule has 0 spiro atoms. The molecule has 0 amide bonds. The maximum Gasteiger partial charge on any atom is 0.163 e. The molecule has 1 fully saturated rings. The van der Waals surface area contributed by atoms with Crippen LogP contribution in [0.25, 0.3) is 11.0 Å². The van der Waals surface area contributed by atoms with Gasteiger partial charge in [0.1, 0.15) is 12.1 Å². The van der Waals surface area contributed by atoms with Gasteiger partial charge in [0, 0.05) is 13.1 Å². The van der Waals surface area contributed by atoms with Crippen molar-refractivity contribution in [1.82, 2.24) is 19.7 Å². The van der Waals surface area contributed by atoms with Gasteiger partial charge in [0.2, 0.25) is 0 Å². The molecule has 2 heterocycles. The molecule has 5 nitrogen and oxygen atoms in total. The molecule has 0 saturated heterocycles. The zero-order valence-corrected chi connectivity index (χ0v) is 11.1. The minimum absolute atomic E-state index is 0.443. The molecule has 1 atom stereocenters. The van der Waals surface area contributed by atoms with E-state index in [1.54, 1.807) is 11.0 Å². The van der Waals surface area contributed by atoms with Gasteiger partial charge in [0.05, 0.1) is 11.6 Å². The van der Waals surface area contributed by atoms with Crippen molar-refractivity contribution in [2.75, 3.05) is 5.32 Å². The van der Waals surface area contributed by atoms with E-state index in [1.165, 1.54) is 19.3 Å². The lowest BCUT2D eigenvalue weighted by Crippen LogP contribution is -2.18. The van der Waals surface area contributed by atoms with Crippen LogP contribution in [0.3, 0.4) is 0 Å². The average molecular weight is 245 g/mol. The highest BCUT2D eigenvalue weighted by atomic mass is 15.3. The van der Waals surface area contributed by atoms with Gasteiger partial charge in [-0.05, 0) is 24.7 Å². The number of fused-ring (bicyclic) bond motifs is 1. The SMILES string of the molecule is Cn1ncc2c(NC3CCC(C)(C)C3)ncnc21. The second-order valence-corrected chi connectivity index (χ2v) is 5.98. The van der Waals surface area contributed by atoms with Crippen molar-refractivity contribution in [1.29, 1.82) is 0 Å². The normalized spacial score (nSPS) is 22.5. The number of aromatic nitrogens is 4. The topological polar surface area (TPSA) is 55.6 Å². The summed E-state index contributed by atoms with van der Waals surface area (Å²) < 4.78 is 1.78. The predicted molar refractivity (Wildman–Crippen MR) is 71.3 cm³/mol. The zero-order valence-electron chi connectivity index (χ0n) is 11.1. The van der Waals surface area contributed by atoms with Gasteiger partial charge in [-0.25, -0.2) is 9.97 Å². The number of rotatable bonds is 2. The summed E-state index contributed by atoms with van der Waals surface area (Å²) in [5.41, 5.74) is 1.32. The molecule has 3 rings (SSSR count). The third kappa shape index (κ3) is 1.94. The largest absolute Gasteiger partial charge is 0.367 e. The molecule has 2 aromatic heterocycles. The van der Waals surface area contributed by atoms with Gasteiger partial charge in [0.25, 0.3) is 0 Å². The minimum Gasteiger partial charge on any atom is -0.367 e. The van der Waals surface area contributed by atoms with E-state index in [2.05, 4.69) is 34.2 Å². The molecule has 5 heteroatoms. The number of aryl methyl sites for hydroxylation is 1. The predicted octanol–water partition coefficient (Wildman–Crippen LogP) is 2.35. The summed E-state index contributed by atoms with van der Waals surface area (Å²) in [6, 6.07) is 0.512. The number of nitrogens with zero attached hydrogens (tertiary/aromatic N) is 4. The first-order valence-electron chi connectivity index (χ1n) is 6.44. The molecular weight excluding hydrogens is 226 g/mol. The summed E-state index contributed by atoms with van der Waals surface area (Å²) in [6.45, 7) is 4.66. The third-order valence-electron chi connectivity index (χ3n) is 3.84. The van der Waals surface area contributed by atoms with Crippen molar-refractivity contribution in [2.45, 2.75) is 39.2 Å². The van der Waals surface area contributed by atoms with Gasteiger partial charge in [-0.15, -0.1) is 0 Å². The van der Waals surface area contributed by atoms with E-state index in [1.807, 2.05) is 13.2 Å². The van der Waals surface area contributed by atoms with Crippen LogP contribution in [-0.4, -0.2) is 25.8 Å². The molecular formula is C13H19N5. The van der Waals surface area contributed by atoms with Crippen LogP contribution in [0.15, 0.2) is 12.5 Å². The fourth-order valence-corrected chi connectivity index (χ4v) is 2.83. The van der Waals surface area contributed by atoms with Crippen LogP contribution >= 0.6 is 0 Å². The van der Waals surface area contributed by atoms with E-state index < -0.39 is 0 Å². The lowest BCUT2D eigenvalue weighted by atomic mass is 9.92. The quantitative estimate of drug-likeness (QED) is 0.882. The molecule has 0 radical (unpaired) electrons. The van der Waals surface area contributed by atoms with Crippen molar-refractivity contribution in [3.05, 3.63) is 12.5 Å². The van der Waals surface area contributed by atoms with Gasteiger partial charge in [-0.1, -0.05) is 13.8 Å². The maximum absolute atomic E-state index is 4.36. The lowest BCUT2D eigenvalue weighted by Gasteiger charge is -2.18. The minimum atomic E-state index is 0.443. The zero-order chi connectivity index (χ0) is 12.8. The Morgan fingerprint density at radius 3 is 2.94 bits per heavy atom. The standard InChI is InChI=1S/C13H19N5/c1-13(2)5-4-9(6-13)17-11-10-7-16-18(3)12(10)15-8-14-11/h7-9H,4-6H2,1-3H3,(H,14,15,17). The lowest BCUT2D eigenvalue weighted by molar-refractivity contribution is 0.378. The molecule has 0 bridgehead atoms. The van der Waals surface area contributed by atoms with Crippen LogP contribution in [0.2, 0.25) is 0 Å². The third-order valence-corrected chi connectivity index (χ3v) is 3.84. The van der Waals surface area contributed by atoms with Crippen LogP contribution in [-0.2, 0) is 7.05 Å². The summed E-state index contributed by atoms with van der Waals surface area (Å²) >= 11 is 0. The summed E-state index contributed by atoms with van der Waals surface area (Å²) in [7, 11) is 1.90.